The van der Waals surface area contributed by atoms with E-state index in [0.717, 1.165) is 5.56 Å². The van der Waals surface area contributed by atoms with Crippen molar-refractivity contribution in [2.24, 2.45) is 0 Å². The van der Waals surface area contributed by atoms with Crippen molar-refractivity contribution in [2.75, 3.05) is 12.4 Å². The third-order valence-corrected chi connectivity index (χ3v) is 5.23. The van der Waals surface area contributed by atoms with Gasteiger partial charge in [-0.15, -0.1) is 0 Å². The molecule has 0 spiro atoms. The summed E-state index contributed by atoms with van der Waals surface area (Å²) in [5.41, 5.74) is 1.51. The van der Waals surface area contributed by atoms with Gasteiger partial charge in [-0.2, -0.15) is 0 Å². The van der Waals surface area contributed by atoms with Gasteiger partial charge < -0.3 is 4.74 Å². The topological polar surface area (TPSA) is 57.0 Å². The number of rotatable bonds is 7. The first-order valence-corrected chi connectivity index (χ1v) is 10.1. The van der Waals surface area contributed by atoms with Crippen molar-refractivity contribution < 1.29 is 9.13 Å². The fourth-order valence-electron chi connectivity index (χ4n) is 2.89. The summed E-state index contributed by atoms with van der Waals surface area (Å²) in [5.74, 6) is 0.896. The van der Waals surface area contributed by atoms with Gasteiger partial charge in [-0.1, -0.05) is 30.0 Å². The molecule has 0 atom stereocenters. The van der Waals surface area contributed by atoms with E-state index >= 15 is 0 Å². The average molecular weight is 407 g/mol. The Morgan fingerprint density at radius 3 is 2.66 bits per heavy atom. The molecule has 2 aromatic heterocycles. The molecule has 0 aliphatic carbocycles. The highest BCUT2D eigenvalue weighted by Gasteiger charge is 2.12. The van der Waals surface area contributed by atoms with Crippen LogP contribution in [0.1, 0.15) is 5.56 Å². The maximum Gasteiger partial charge on any atom is 0.262 e. The van der Waals surface area contributed by atoms with Crippen LogP contribution in [0.5, 0.6) is 5.75 Å². The molecule has 5 nitrogen and oxygen atoms in total. The summed E-state index contributed by atoms with van der Waals surface area (Å²) in [6.07, 6.45) is 3.45. The highest BCUT2D eigenvalue weighted by atomic mass is 32.2. The SMILES string of the molecule is O=c1c2ccccc2nc(SCCOc2ccc(F)cc2)n1Cc1cccnc1. The first-order valence-electron chi connectivity index (χ1n) is 9.10. The summed E-state index contributed by atoms with van der Waals surface area (Å²) in [6, 6.07) is 17.0. The predicted molar refractivity (Wildman–Crippen MR) is 112 cm³/mol. The lowest BCUT2D eigenvalue weighted by atomic mass is 10.2. The lowest BCUT2D eigenvalue weighted by Crippen LogP contribution is -2.24. The molecule has 146 valence electrons. The van der Waals surface area contributed by atoms with E-state index in [-0.39, 0.29) is 11.4 Å². The summed E-state index contributed by atoms with van der Waals surface area (Å²) in [7, 11) is 0. The van der Waals surface area contributed by atoms with Crippen LogP contribution in [0.3, 0.4) is 0 Å². The van der Waals surface area contributed by atoms with Crippen LogP contribution in [0, 0.1) is 5.82 Å². The van der Waals surface area contributed by atoms with E-state index in [1.165, 1.54) is 23.9 Å². The van der Waals surface area contributed by atoms with E-state index in [9.17, 15) is 9.18 Å². The maximum atomic E-state index is 13.1. The van der Waals surface area contributed by atoms with Crippen LogP contribution < -0.4 is 10.3 Å². The molecule has 0 saturated heterocycles. The van der Waals surface area contributed by atoms with Crippen molar-refractivity contribution in [1.82, 2.24) is 14.5 Å². The number of fused-ring (bicyclic) bond motifs is 1. The van der Waals surface area contributed by atoms with E-state index < -0.39 is 0 Å². The zero-order valence-corrected chi connectivity index (χ0v) is 16.3. The zero-order valence-electron chi connectivity index (χ0n) is 15.5. The van der Waals surface area contributed by atoms with Crippen LogP contribution in [-0.4, -0.2) is 26.9 Å². The summed E-state index contributed by atoms with van der Waals surface area (Å²) in [4.78, 5) is 21.9. The number of aromatic nitrogens is 3. The van der Waals surface area contributed by atoms with Gasteiger partial charge >= 0.3 is 0 Å². The molecule has 4 rings (SSSR count). The zero-order chi connectivity index (χ0) is 20.1. The van der Waals surface area contributed by atoms with Crippen molar-refractivity contribution in [1.29, 1.82) is 0 Å². The monoisotopic (exact) mass is 407 g/mol. The van der Waals surface area contributed by atoms with Gasteiger partial charge in [0.15, 0.2) is 5.16 Å². The molecule has 2 heterocycles. The van der Waals surface area contributed by atoms with Crippen molar-refractivity contribution in [3.8, 4) is 5.75 Å². The Morgan fingerprint density at radius 2 is 1.86 bits per heavy atom. The maximum absolute atomic E-state index is 13.1. The number of hydrogen-bond acceptors (Lipinski definition) is 5. The molecule has 0 N–H and O–H groups in total. The largest absolute Gasteiger partial charge is 0.493 e. The van der Waals surface area contributed by atoms with Crippen LogP contribution in [-0.2, 0) is 6.54 Å². The van der Waals surface area contributed by atoms with Crippen LogP contribution in [0.2, 0.25) is 0 Å². The summed E-state index contributed by atoms with van der Waals surface area (Å²) < 4.78 is 20.3. The van der Waals surface area contributed by atoms with Gasteiger partial charge in [0.2, 0.25) is 0 Å². The standard InChI is InChI=1S/C22H18FN3O2S/c23-17-7-9-18(10-8-17)28-12-13-29-22-25-20-6-2-1-5-19(20)21(27)26(22)15-16-4-3-11-24-14-16/h1-11,14H,12-13,15H2. The van der Waals surface area contributed by atoms with E-state index in [1.54, 1.807) is 35.2 Å². The van der Waals surface area contributed by atoms with Gasteiger partial charge in [-0.25, -0.2) is 9.37 Å². The molecular formula is C22H18FN3O2S. The van der Waals surface area contributed by atoms with E-state index in [2.05, 4.69) is 9.97 Å². The minimum absolute atomic E-state index is 0.0820. The summed E-state index contributed by atoms with van der Waals surface area (Å²) in [5, 5.41) is 1.21. The fourth-order valence-corrected chi connectivity index (χ4v) is 3.71. The minimum atomic E-state index is -0.300. The molecule has 2 aromatic carbocycles. The van der Waals surface area contributed by atoms with Crippen molar-refractivity contribution in [3.63, 3.8) is 0 Å². The van der Waals surface area contributed by atoms with Crippen LogP contribution >= 0.6 is 11.8 Å². The molecule has 0 saturated carbocycles. The van der Waals surface area contributed by atoms with Gasteiger partial charge in [-0.05, 0) is 48.0 Å². The van der Waals surface area contributed by atoms with Crippen molar-refractivity contribution >= 4 is 22.7 Å². The molecule has 0 unspecified atom stereocenters. The molecule has 0 radical (unpaired) electrons. The molecule has 7 heteroatoms. The average Bonchev–Trinajstić information content (AvgIpc) is 2.76. The molecular weight excluding hydrogens is 389 g/mol. The normalized spacial score (nSPS) is 10.9. The molecule has 0 amide bonds. The van der Waals surface area contributed by atoms with E-state index in [1.807, 2.05) is 30.3 Å². The number of ether oxygens (including phenoxy) is 1. The van der Waals surface area contributed by atoms with Gasteiger partial charge in [-0.3, -0.25) is 14.3 Å². The van der Waals surface area contributed by atoms with Crippen molar-refractivity contribution in [2.45, 2.75) is 11.7 Å². The Kier molecular flexibility index (Phi) is 5.86. The quantitative estimate of drug-likeness (QED) is 0.262. The molecule has 0 bridgehead atoms. The second-order valence-electron chi connectivity index (χ2n) is 6.31. The number of thioether (sulfide) groups is 1. The smallest absolute Gasteiger partial charge is 0.262 e. The van der Waals surface area contributed by atoms with Crippen LogP contribution in [0.25, 0.3) is 10.9 Å². The molecule has 0 aliphatic heterocycles. The second kappa shape index (κ2) is 8.87. The first kappa shape index (κ1) is 19.1. The number of hydrogen-bond donors (Lipinski definition) is 0. The molecule has 0 aliphatic rings. The third kappa shape index (κ3) is 4.63. The van der Waals surface area contributed by atoms with Gasteiger partial charge in [0, 0.05) is 18.1 Å². The Balaban J connectivity index is 1.55. The predicted octanol–water partition coefficient (Wildman–Crippen LogP) is 4.15. The highest BCUT2D eigenvalue weighted by Crippen LogP contribution is 2.19. The molecule has 0 fully saturated rings. The Hall–Kier alpha value is -3.19. The van der Waals surface area contributed by atoms with E-state index in [4.69, 9.17) is 4.74 Å². The number of nitrogens with zero attached hydrogens (tertiary/aromatic N) is 3. The van der Waals surface area contributed by atoms with Gasteiger partial charge in [0.1, 0.15) is 11.6 Å². The number of benzene rings is 2. The third-order valence-electron chi connectivity index (χ3n) is 4.29. The molecule has 29 heavy (non-hydrogen) atoms. The van der Waals surface area contributed by atoms with Crippen molar-refractivity contribution in [3.05, 3.63) is 94.8 Å². The molecule has 4 aromatic rings. The number of para-hydroxylation sites is 1. The minimum Gasteiger partial charge on any atom is -0.493 e. The second-order valence-corrected chi connectivity index (χ2v) is 7.38. The Bertz CT molecular complexity index is 1160. The first-order chi connectivity index (χ1) is 14.2. The summed E-state index contributed by atoms with van der Waals surface area (Å²) >= 11 is 1.45. The summed E-state index contributed by atoms with van der Waals surface area (Å²) in [6.45, 7) is 0.803. The van der Waals surface area contributed by atoms with Crippen LogP contribution in [0.4, 0.5) is 4.39 Å². The lowest BCUT2D eigenvalue weighted by molar-refractivity contribution is 0.343. The lowest BCUT2D eigenvalue weighted by Gasteiger charge is -2.13. The van der Waals surface area contributed by atoms with E-state index in [0.29, 0.717) is 40.7 Å². The number of pyridine rings is 1. The Morgan fingerprint density at radius 1 is 1.03 bits per heavy atom. The highest BCUT2D eigenvalue weighted by molar-refractivity contribution is 7.99. The van der Waals surface area contributed by atoms with Crippen LogP contribution in [0.15, 0.2) is 83.0 Å². The number of halogens is 1. The van der Waals surface area contributed by atoms with Gasteiger partial charge in [0.05, 0.1) is 24.1 Å². The fraction of sp³-hybridized carbons (Fsp3) is 0.136. The Labute approximate surface area is 171 Å². The van der Waals surface area contributed by atoms with Gasteiger partial charge in [0.25, 0.3) is 5.56 Å².